The van der Waals surface area contributed by atoms with E-state index in [1.54, 1.807) is 36.1 Å². The van der Waals surface area contributed by atoms with Crippen molar-refractivity contribution in [2.75, 3.05) is 7.11 Å². The molecule has 21 heavy (non-hydrogen) atoms. The van der Waals surface area contributed by atoms with E-state index in [-0.39, 0.29) is 0 Å². The monoisotopic (exact) mass is 318 g/mol. The summed E-state index contributed by atoms with van der Waals surface area (Å²) in [5, 5.41) is 7.56. The average Bonchev–Trinajstić information content (AvgIpc) is 2.90. The number of halogens is 1. The van der Waals surface area contributed by atoms with Gasteiger partial charge in [-0.2, -0.15) is 5.10 Å². The maximum absolute atomic E-state index is 6.29. The van der Waals surface area contributed by atoms with Gasteiger partial charge in [-0.25, -0.2) is 0 Å². The molecule has 2 heterocycles. The van der Waals surface area contributed by atoms with Gasteiger partial charge in [0.05, 0.1) is 17.8 Å². The Labute approximate surface area is 131 Å². The molecule has 5 nitrogen and oxygen atoms in total. The molecule has 0 bridgehead atoms. The molecule has 3 rings (SSSR count). The van der Waals surface area contributed by atoms with Crippen LogP contribution < -0.4 is 4.74 Å². The Balaban J connectivity index is 2.25. The van der Waals surface area contributed by atoms with E-state index in [0.29, 0.717) is 32.7 Å². The van der Waals surface area contributed by atoms with Gasteiger partial charge >= 0.3 is 0 Å². The molecule has 0 unspecified atom stereocenters. The molecule has 0 saturated carbocycles. The number of aromatic nitrogens is 4. The Morgan fingerprint density at radius 2 is 2.14 bits per heavy atom. The number of ether oxygens (including phenoxy) is 1. The highest BCUT2D eigenvalue weighted by Gasteiger charge is 2.14. The van der Waals surface area contributed by atoms with Gasteiger partial charge < -0.3 is 4.74 Å². The van der Waals surface area contributed by atoms with Crippen LogP contribution in [0.15, 0.2) is 42.6 Å². The number of H-pyrrole nitrogens is 1. The molecule has 106 valence electrons. The summed E-state index contributed by atoms with van der Waals surface area (Å²) >= 11 is 11.6. The summed E-state index contributed by atoms with van der Waals surface area (Å²) in [5.41, 5.74) is 1.39. The summed E-state index contributed by atoms with van der Waals surface area (Å²) in [6.45, 7) is 0. The molecule has 0 aliphatic heterocycles. The fourth-order valence-corrected chi connectivity index (χ4v) is 2.41. The summed E-state index contributed by atoms with van der Waals surface area (Å²) in [6.07, 6.45) is 1.70. The number of aromatic amines is 1. The van der Waals surface area contributed by atoms with Crippen LogP contribution in [-0.2, 0) is 0 Å². The van der Waals surface area contributed by atoms with E-state index in [4.69, 9.17) is 28.6 Å². The second-order valence-electron chi connectivity index (χ2n) is 4.22. The number of benzene rings is 1. The van der Waals surface area contributed by atoms with E-state index < -0.39 is 0 Å². The minimum atomic E-state index is 0.436. The molecule has 0 spiro atoms. The van der Waals surface area contributed by atoms with Gasteiger partial charge in [0.15, 0.2) is 10.6 Å². The van der Waals surface area contributed by atoms with Crippen LogP contribution in [0.1, 0.15) is 0 Å². The van der Waals surface area contributed by atoms with Crippen molar-refractivity contribution in [3.05, 3.63) is 52.4 Å². The van der Waals surface area contributed by atoms with Crippen molar-refractivity contribution >= 4 is 23.8 Å². The number of methoxy groups -OCH3 is 1. The molecule has 0 saturated heterocycles. The molecule has 0 radical (unpaired) electrons. The molecular formula is C14H11ClN4OS. The minimum absolute atomic E-state index is 0.436. The van der Waals surface area contributed by atoms with Crippen molar-refractivity contribution in [2.24, 2.45) is 0 Å². The van der Waals surface area contributed by atoms with Crippen LogP contribution in [0.4, 0.5) is 0 Å². The van der Waals surface area contributed by atoms with Crippen LogP contribution in [0.3, 0.4) is 0 Å². The predicted molar refractivity (Wildman–Crippen MR) is 83.5 cm³/mol. The molecule has 3 aromatic rings. The van der Waals surface area contributed by atoms with Gasteiger partial charge in [-0.15, -0.1) is 0 Å². The molecule has 0 amide bonds. The summed E-state index contributed by atoms with van der Waals surface area (Å²) in [4.78, 5) is 4.30. The Hall–Kier alpha value is -2.18. The van der Waals surface area contributed by atoms with Crippen LogP contribution >= 0.6 is 23.8 Å². The number of nitrogens with zero attached hydrogens (tertiary/aromatic N) is 3. The lowest BCUT2D eigenvalue weighted by Crippen LogP contribution is -2.00. The zero-order chi connectivity index (χ0) is 14.8. The van der Waals surface area contributed by atoms with Crippen molar-refractivity contribution in [1.29, 1.82) is 0 Å². The lowest BCUT2D eigenvalue weighted by Gasteiger charge is -2.10. The second-order valence-corrected chi connectivity index (χ2v) is 5.01. The van der Waals surface area contributed by atoms with E-state index in [1.165, 1.54) is 0 Å². The number of pyridine rings is 1. The number of hydrogen-bond donors (Lipinski definition) is 1. The summed E-state index contributed by atoms with van der Waals surface area (Å²) < 4.78 is 7.42. The topological polar surface area (TPSA) is 55.7 Å². The Bertz CT molecular complexity index is 828. The van der Waals surface area contributed by atoms with Crippen LogP contribution in [0.5, 0.6) is 5.75 Å². The number of nitrogens with one attached hydrogen (secondary N) is 1. The highest BCUT2D eigenvalue weighted by Crippen LogP contribution is 2.28. The molecule has 2 aromatic heterocycles. The van der Waals surface area contributed by atoms with Gasteiger partial charge in [0.1, 0.15) is 11.4 Å². The number of hydrogen-bond acceptors (Lipinski definition) is 4. The highest BCUT2D eigenvalue weighted by molar-refractivity contribution is 7.71. The molecule has 0 aliphatic rings. The van der Waals surface area contributed by atoms with Crippen LogP contribution in [0.2, 0.25) is 5.02 Å². The van der Waals surface area contributed by atoms with E-state index >= 15 is 0 Å². The van der Waals surface area contributed by atoms with Gasteiger partial charge in [0.2, 0.25) is 0 Å². The third kappa shape index (κ3) is 2.55. The van der Waals surface area contributed by atoms with Gasteiger partial charge in [0, 0.05) is 12.3 Å². The van der Waals surface area contributed by atoms with Gasteiger partial charge in [-0.1, -0.05) is 17.7 Å². The fraction of sp³-hybridized carbons (Fsp3) is 0.0714. The van der Waals surface area contributed by atoms with Crippen molar-refractivity contribution in [2.45, 2.75) is 0 Å². The quantitative estimate of drug-likeness (QED) is 0.749. The van der Waals surface area contributed by atoms with E-state index in [0.717, 1.165) is 0 Å². The van der Waals surface area contributed by atoms with Crippen LogP contribution in [0, 0.1) is 4.77 Å². The first-order valence-corrected chi connectivity index (χ1v) is 6.92. The Kier molecular flexibility index (Phi) is 3.72. The van der Waals surface area contributed by atoms with Crippen molar-refractivity contribution in [3.8, 4) is 23.0 Å². The average molecular weight is 319 g/mol. The first-order chi connectivity index (χ1) is 10.2. The molecule has 7 heteroatoms. The normalized spacial score (nSPS) is 10.6. The molecule has 1 N–H and O–H groups in total. The van der Waals surface area contributed by atoms with E-state index in [2.05, 4.69) is 15.2 Å². The maximum Gasteiger partial charge on any atom is 0.200 e. The van der Waals surface area contributed by atoms with Gasteiger partial charge in [-0.05, 0) is 36.5 Å². The van der Waals surface area contributed by atoms with Gasteiger partial charge in [0.25, 0.3) is 0 Å². The zero-order valence-corrected chi connectivity index (χ0v) is 12.6. The van der Waals surface area contributed by atoms with Crippen molar-refractivity contribution in [1.82, 2.24) is 19.7 Å². The predicted octanol–water partition coefficient (Wildman–Crippen LogP) is 3.65. The van der Waals surface area contributed by atoms with Crippen LogP contribution in [-0.4, -0.2) is 26.9 Å². The van der Waals surface area contributed by atoms with Crippen molar-refractivity contribution < 1.29 is 4.74 Å². The van der Waals surface area contributed by atoms with Crippen LogP contribution in [0.25, 0.3) is 17.2 Å². The summed E-state index contributed by atoms with van der Waals surface area (Å²) in [5.74, 6) is 1.28. The van der Waals surface area contributed by atoms with Gasteiger partial charge in [-0.3, -0.25) is 14.6 Å². The van der Waals surface area contributed by atoms with Crippen molar-refractivity contribution in [3.63, 3.8) is 0 Å². The standard InChI is InChI=1S/C14H11ClN4OS/c1-20-9-5-6-10(15)12(8-9)19-13(17-18-14(19)21)11-4-2-3-7-16-11/h2-8H,1H3,(H,18,21). The molecule has 0 fully saturated rings. The lowest BCUT2D eigenvalue weighted by molar-refractivity contribution is 0.414. The zero-order valence-electron chi connectivity index (χ0n) is 11.1. The lowest BCUT2D eigenvalue weighted by atomic mass is 10.2. The molecular weight excluding hydrogens is 308 g/mol. The molecule has 0 aliphatic carbocycles. The largest absolute Gasteiger partial charge is 0.497 e. The highest BCUT2D eigenvalue weighted by atomic mass is 35.5. The van der Waals surface area contributed by atoms with E-state index in [1.807, 2.05) is 18.2 Å². The molecule has 0 atom stereocenters. The summed E-state index contributed by atoms with van der Waals surface area (Å²) in [6, 6.07) is 10.9. The smallest absolute Gasteiger partial charge is 0.200 e. The maximum atomic E-state index is 6.29. The van der Waals surface area contributed by atoms with E-state index in [9.17, 15) is 0 Å². The number of rotatable bonds is 3. The minimum Gasteiger partial charge on any atom is -0.497 e. The molecule has 1 aromatic carbocycles. The summed E-state index contributed by atoms with van der Waals surface area (Å²) in [7, 11) is 1.60. The first-order valence-electron chi connectivity index (χ1n) is 6.13. The Morgan fingerprint density at radius 1 is 1.29 bits per heavy atom. The third-order valence-corrected chi connectivity index (χ3v) is 3.55. The fourth-order valence-electron chi connectivity index (χ4n) is 1.98. The Morgan fingerprint density at radius 3 is 2.86 bits per heavy atom. The second kappa shape index (κ2) is 5.67. The first kappa shape index (κ1) is 13.8. The third-order valence-electron chi connectivity index (χ3n) is 2.96. The SMILES string of the molecule is COc1ccc(Cl)c(-n2c(-c3ccccn3)n[nH]c2=S)c1.